The van der Waals surface area contributed by atoms with E-state index in [-0.39, 0.29) is 18.4 Å². The molecule has 1 atom stereocenters. The number of amides is 2. The minimum Gasteiger partial charge on any atom is -0.384 e. The summed E-state index contributed by atoms with van der Waals surface area (Å²) in [5.74, 6) is -0.253. The van der Waals surface area contributed by atoms with Gasteiger partial charge in [0.25, 0.3) is 5.91 Å². The second kappa shape index (κ2) is 10.2. The minimum atomic E-state index is -0.803. The van der Waals surface area contributed by atoms with Gasteiger partial charge >= 0.3 is 0 Å². The predicted octanol–water partition coefficient (Wildman–Crippen LogP) is 3.42. The number of aromatic nitrogens is 3. The molecule has 2 aromatic heterocycles. The number of anilines is 1. The van der Waals surface area contributed by atoms with Crippen LogP contribution >= 0.6 is 0 Å². The summed E-state index contributed by atoms with van der Waals surface area (Å²) in [6.07, 6.45) is 5.12. The first-order valence-corrected chi connectivity index (χ1v) is 11.5. The van der Waals surface area contributed by atoms with E-state index in [0.29, 0.717) is 28.8 Å². The monoisotopic (exact) mass is 476 g/mol. The highest BCUT2D eigenvalue weighted by Crippen LogP contribution is 2.20. The third-order valence-electron chi connectivity index (χ3n) is 5.97. The minimum absolute atomic E-state index is 0.263. The maximum Gasteiger partial charge on any atom is 0.252 e. The lowest BCUT2D eigenvalue weighted by Gasteiger charge is -2.20. The number of rotatable bonds is 7. The van der Waals surface area contributed by atoms with Gasteiger partial charge in [0.1, 0.15) is 11.9 Å². The van der Waals surface area contributed by atoms with E-state index in [0.717, 1.165) is 21.9 Å². The van der Waals surface area contributed by atoms with Crippen molar-refractivity contribution in [2.75, 3.05) is 5.73 Å². The van der Waals surface area contributed by atoms with E-state index in [4.69, 9.17) is 5.73 Å². The lowest BCUT2D eigenvalue weighted by atomic mass is 9.98. The molecule has 8 nitrogen and oxygen atoms in total. The molecule has 3 aromatic carbocycles. The van der Waals surface area contributed by atoms with Crippen LogP contribution in [-0.4, -0.2) is 32.8 Å². The van der Waals surface area contributed by atoms with Crippen molar-refractivity contribution < 1.29 is 9.59 Å². The molecule has 0 bridgehead atoms. The van der Waals surface area contributed by atoms with Crippen LogP contribution in [0.3, 0.4) is 0 Å². The highest BCUT2D eigenvalue weighted by molar-refractivity contribution is 6.00. The number of fused-ring (bicyclic) bond motifs is 2. The fourth-order valence-corrected chi connectivity index (χ4v) is 4.10. The van der Waals surface area contributed by atoms with E-state index in [1.54, 1.807) is 48.9 Å². The fourth-order valence-electron chi connectivity index (χ4n) is 4.10. The van der Waals surface area contributed by atoms with Crippen LogP contribution in [0.25, 0.3) is 21.8 Å². The van der Waals surface area contributed by atoms with Gasteiger partial charge in [-0.3, -0.25) is 19.6 Å². The molecule has 2 heterocycles. The Morgan fingerprint density at radius 1 is 0.861 bits per heavy atom. The van der Waals surface area contributed by atoms with Gasteiger partial charge in [-0.1, -0.05) is 48.5 Å². The molecule has 0 radical (unpaired) electrons. The molecular formula is C28H24N6O2. The number of carbonyl (C=O) groups is 2. The fraction of sp³-hybridized carbons (Fsp3) is 0.107. The Hall–Kier alpha value is -4.85. The van der Waals surface area contributed by atoms with Crippen LogP contribution in [0.15, 0.2) is 91.4 Å². The normalized spacial score (nSPS) is 11.8. The van der Waals surface area contributed by atoms with Crippen LogP contribution in [0.1, 0.15) is 21.5 Å². The lowest BCUT2D eigenvalue weighted by molar-refractivity contribution is -0.123. The number of nitrogens with zero attached hydrogens (tertiary/aromatic N) is 3. The van der Waals surface area contributed by atoms with Gasteiger partial charge in [-0.15, -0.1) is 0 Å². The topological polar surface area (TPSA) is 123 Å². The molecule has 5 rings (SSSR count). The van der Waals surface area contributed by atoms with Gasteiger partial charge in [-0.25, -0.2) is 4.98 Å². The molecule has 5 aromatic rings. The standard InChI is InChI=1S/C28H24N6O2/c29-26-11-8-18(16-32-26)17-33-28(36)25(14-20-6-3-5-19-4-1-2-7-22(19)20)34-27(35)21-9-10-23-24(15-21)31-13-12-30-23/h1-13,15-16,25H,14,17H2,(H2,29,32)(H,33,36)(H,34,35)/t25-/m0/s1. The molecule has 8 heteroatoms. The molecule has 0 aliphatic heterocycles. The van der Waals surface area contributed by atoms with Gasteiger partial charge in [0.2, 0.25) is 5.91 Å². The molecule has 0 saturated carbocycles. The number of benzene rings is 3. The van der Waals surface area contributed by atoms with Crippen LogP contribution < -0.4 is 16.4 Å². The molecule has 4 N–H and O–H groups in total. The van der Waals surface area contributed by atoms with Crippen molar-refractivity contribution in [2.24, 2.45) is 0 Å². The maximum absolute atomic E-state index is 13.3. The number of hydrogen-bond donors (Lipinski definition) is 3. The Morgan fingerprint density at radius 2 is 1.67 bits per heavy atom. The molecule has 0 saturated heterocycles. The van der Waals surface area contributed by atoms with Crippen molar-refractivity contribution in [3.8, 4) is 0 Å². The SMILES string of the molecule is Nc1ccc(CNC(=O)[C@H](Cc2cccc3ccccc23)NC(=O)c2ccc3nccnc3c2)cn1. The van der Waals surface area contributed by atoms with E-state index in [9.17, 15) is 9.59 Å². The average Bonchev–Trinajstić information content (AvgIpc) is 2.92. The van der Waals surface area contributed by atoms with Crippen molar-refractivity contribution in [1.29, 1.82) is 0 Å². The second-order valence-corrected chi connectivity index (χ2v) is 8.44. The van der Waals surface area contributed by atoms with Crippen LogP contribution in [0.4, 0.5) is 5.82 Å². The summed E-state index contributed by atoms with van der Waals surface area (Å²) in [7, 11) is 0. The van der Waals surface area contributed by atoms with Crippen LogP contribution in [0.2, 0.25) is 0 Å². The Balaban J connectivity index is 1.40. The van der Waals surface area contributed by atoms with E-state index < -0.39 is 6.04 Å². The third kappa shape index (κ3) is 5.12. The van der Waals surface area contributed by atoms with Gasteiger partial charge in [0, 0.05) is 37.1 Å². The summed E-state index contributed by atoms with van der Waals surface area (Å²) in [6.45, 7) is 0.263. The highest BCUT2D eigenvalue weighted by atomic mass is 16.2. The molecule has 0 aliphatic carbocycles. The summed E-state index contributed by atoms with van der Waals surface area (Å²) in [5.41, 5.74) is 9.13. The van der Waals surface area contributed by atoms with Crippen molar-refractivity contribution in [3.63, 3.8) is 0 Å². The van der Waals surface area contributed by atoms with Crippen molar-refractivity contribution >= 4 is 39.4 Å². The quantitative estimate of drug-likeness (QED) is 0.331. The Labute approximate surface area is 207 Å². The number of nitrogens with one attached hydrogen (secondary N) is 2. The first-order valence-electron chi connectivity index (χ1n) is 11.5. The second-order valence-electron chi connectivity index (χ2n) is 8.44. The molecule has 178 valence electrons. The number of nitrogens with two attached hydrogens (primary N) is 1. The molecule has 0 fully saturated rings. The Kier molecular flexibility index (Phi) is 6.48. The third-order valence-corrected chi connectivity index (χ3v) is 5.97. The lowest BCUT2D eigenvalue weighted by Crippen LogP contribution is -2.47. The number of nitrogen functional groups attached to an aromatic ring is 1. The number of pyridine rings is 1. The summed E-state index contributed by atoms with van der Waals surface area (Å²) in [4.78, 5) is 39.1. The zero-order valence-corrected chi connectivity index (χ0v) is 19.4. The van der Waals surface area contributed by atoms with Crippen LogP contribution in [0, 0.1) is 0 Å². The summed E-state index contributed by atoms with van der Waals surface area (Å²) >= 11 is 0. The van der Waals surface area contributed by atoms with E-state index >= 15 is 0 Å². The summed E-state index contributed by atoms with van der Waals surface area (Å²) in [5, 5.41) is 7.95. The zero-order chi connectivity index (χ0) is 24.9. The first kappa shape index (κ1) is 22.9. The molecular weight excluding hydrogens is 452 g/mol. The molecule has 0 aliphatic rings. The number of carbonyl (C=O) groups excluding carboxylic acids is 2. The molecule has 0 unspecified atom stereocenters. The van der Waals surface area contributed by atoms with Gasteiger partial charge in [-0.2, -0.15) is 0 Å². The molecule has 36 heavy (non-hydrogen) atoms. The smallest absolute Gasteiger partial charge is 0.252 e. The van der Waals surface area contributed by atoms with Crippen molar-refractivity contribution in [3.05, 3.63) is 108 Å². The number of hydrogen-bond acceptors (Lipinski definition) is 6. The van der Waals surface area contributed by atoms with Gasteiger partial charge < -0.3 is 16.4 Å². The van der Waals surface area contributed by atoms with E-state index in [2.05, 4.69) is 25.6 Å². The highest BCUT2D eigenvalue weighted by Gasteiger charge is 2.23. The Morgan fingerprint density at radius 3 is 2.50 bits per heavy atom. The Bertz CT molecular complexity index is 1550. The van der Waals surface area contributed by atoms with Gasteiger partial charge in [0.15, 0.2) is 0 Å². The summed E-state index contributed by atoms with van der Waals surface area (Å²) in [6, 6.07) is 21.7. The van der Waals surface area contributed by atoms with E-state index in [1.165, 1.54) is 0 Å². The van der Waals surface area contributed by atoms with Gasteiger partial charge in [0.05, 0.1) is 11.0 Å². The molecule has 0 spiro atoms. The zero-order valence-electron chi connectivity index (χ0n) is 19.4. The van der Waals surface area contributed by atoms with Crippen LogP contribution in [-0.2, 0) is 17.8 Å². The predicted molar refractivity (Wildman–Crippen MR) is 139 cm³/mol. The summed E-state index contributed by atoms with van der Waals surface area (Å²) < 4.78 is 0. The van der Waals surface area contributed by atoms with Crippen molar-refractivity contribution in [2.45, 2.75) is 19.0 Å². The van der Waals surface area contributed by atoms with Gasteiger partial charge in [-0.05, 0) is 46.2 Å². The first-order chi connectivity index (χ1) is 17.6. The van der Waals surface area contributed by atoms with E-state index in [1.807, 2.05) is 42.5 Å². The maximum atomic E-state index is 13.3. The average molecular weight is 477 g/mol. The molecule has 2 amide bonds. The van der Waals surface area contributed by atoms with Crippen LogP contribution in [0.5, 0.6) is 0 Å². The van der Waals surface area contributed by atoms with Crippen molar-refractivity contribution in [1.82, 2.24) is 25.6 Å². The largest absolute Gasteiger partial charge is 0.384 e.